The van der Waals surface area contributed by atoms with Crippen LogP contribution in [0.4, 0.5) is 4.39 Å². The summed E-state index contributed by atoms with van der Waals surface area (Å²) in [6.07, 6.45) is 3.57. The fourth-order valence-electron chi connectivity index (χ4n) is 1.63. The van der Waals surface area contributed by atoms with E-state index < -0.39 is 0 Å². The number of nitrogens with zero attached hydrogens (tertiary/aromatic N) is 2. The predicted octanol–water partition coefficient (Wildman–Crippen LogP) is 2.44. The standard InChI is InChI=1S/C12H13ClFN3/c1-15-5-10-7-17(8-16-10)6-9-3-2-4-11(13)12(9)14/h2-4,7-8,15H,5-6H2,1H3. The first kappa shape index (κ1) is 12.1. The van der Waals surface area contributed by atoms with E-state index in [-0.39, 0.29) is 10.8 Å². The lowest BCUT2D eigenvalue weighted by molar-refractivity contribution is 0.599. The molecule has 0 atom stereocenters. The maximum atomic E-state index is 13.7. The molecule has 0 spiro atoms. The van der Waals surface area contributed by atoms with Crippen LogP contribution in [-0.2, 0) is 13.1 Å². The molecule has 0 aliphatic rings. The minimum absolute atomic E-state index is 0.151. The van der Waals surface area contributed by atoms with Crippen LogP contribution >= 0.6 is 11.6 Å². The number of rotatable bonds is 4. The van der Waals surface area contributed by atoms with Crippen molar-refractivity contribution in [3.8, 4) is 0 Å². The van der Waals surface area contributed by atoms with Crippen molar-refractivity contribution in [3.05, 3.63) is 52.8 Å². The van der Waals surface area contributed by atoms with Gasteiger partial charge in [-0.3, -0.25) is 0 Å². The molecular weight excluding hydrogens is 241 g/mol. The first-order valence-electron chi connectivity index (χ1n) is 5.29. The van der Waals surface area contributed by atoms with Gasteiger partial charge >= 0.3 is 0 Å². The molecule has 1 aromatic carbocycles. The number of imidazole rings is 1. The topological polar surface area (TPSA) is 29.9 Å². The molecule has 0 radical (unpaired) electrons. The van der Waals surface area contributed by atoms with E-state index in [1.807, 2.05) is 17.8 Å². The minimum atomic E-state index is -0.363. The highest BCUT2D eigenvalue weighted by molar-refractivity contribution is 6.30. The number of halogens is 2. The summed E-state index contributed by atoms with van der Waals surface area (Å²) in [4.78, 5) is 4.20. The monoisotopic (exact) mass is 253 g/mol. The Morgan fingerprint density at radius 1 is 1.47 bits per heavy atom. The van der Waals surface area contributed by atoms with Crippen LogP contribution in [0.1, 0.15) is 11.3 Å². The van der Waals surface area contributed by atoms with Crippen LogP contribution in [-0.4, -0.2) is 16.6 Å². The van der Waals surface area contributed by atoms with Gasteiger partial charge in [0, 0.05) is 18.3 Å². The van der Waals surface area contributed by atoms with Crippen molar-refractivity contribution in [2.45, 2.75) is 13.1 Å². The van der Waals surface area contributed by atoms with Crippen molar-refractivity contribution >= 4 is 11.6 Å². The van der Waals surface area contributed by atoms with E-state index in [1.54, 1.807) is 24.5 Å². The smallest absolute Gasteiger partial charge is 0.146 e. The lowest BCUT2D eigenvalue weighted by Crippen LogP contribution is -2.05. The summed E-state index contributed by atoms with van der Waals surface area (Å²) in [5.41, 5.74) is 1.49. The first-order valence-corrected chi connectivity index (χ1v) is 5.66. The van der Waals surface area contributed by atoms with Crippen LogP contribution in [0.25, 0.3) is 0 Å². The number of benzene rings is 1. The Bertz CT molecular complexity index is 510. The molecule has 0 aliphatic carbocycles. The van der Waals surface area contributed by atoms with Gasteiger partial charge in [-0.2, -0.15) is 0 Å². The molecule has 2 aromatic rings. The van der Waals surface area contributed by atoms with E-state index >= 15 is 0 Å². The van der Waals surface area contributed by atoms with E-state index in [9.17, 15) is 4.39 Å². The largest absolute Gasteiger partial charge is 0.333 e. The SMILES string of the molecule is CNCc1cn(Cc2cccc(Cl)c2F)cn1. The molecule has 1 heterocycles. The highest BCUT2D eigenvalue weighted by atomic mass is 35.5. The molecule has 0 saturated heterocycles. The third kappa shape index (κ3) is 2.84. The molecule has 0 saturated carbocycles. The summed E-state index contributed by atoms with van der Waals surface area (Å²) in [5.74, 6) is -0.363. The van der Waals surface area contributed by atoms with E-state index in [4.69, 9.17) is 11.6 Å². The molecule has 0 unspecified atom stereocenters. The average Bonchev–Trinajstić information content (AvgIpc) is 2.73. The number of hydrogen-bond donors (Lipinski definition) is 1. The summed E-state index contributed by atoms with van der Waals surface area (Å²) in [6, 6.07) is 5.01. The Hall–Kier alpha value is -1.39. The lowest BCUT2D eigenvalue weighted by Gasteiger charge is -2.05. The lowest BCUT2D eigenvalue weighted by atomic mass is 10.2. The number of nitrogens with one attached hydrogen (secondary N) is 1. The van der Waals surface area contributed by atoms with Crippen molar-refractivity contribution in [3.63, 3.8) is 0 Å². The summed E-state index contributed by atoms with van der Waals surface area (Å²) in [6.45, 7) is 1.13. The Labute approximate surface area is 104 Å². The molecule has 1 aromatic heterocycles. The van der Waals surface area contributed by atoms with Gasteiger partial charge in [0.05, 0.1) is 23.6 Å². The van der Waals surface area contributed by atoms with Crippen LogP contribution in [0.15, 0.2) is 30.7 Å². The van der Waals surface area contributed by atoms with Crippen molar-refractivity contribution in [1.82, 2.24) is 14.9 Å². The summed E-state index contributed by atoms with van der Waals surface area (Å²) >= 11 is 5.73. The van der Waals surface area contributed by atoms with E-state index in [0.29, 0.717) is 18.7 Å². The van der Waals surface area contributed by atoms with Crippen LogP contribution in [0, 0.1) is 5.82 Å². The van der Waals surface area contributed by atoms with Gasteiger partial charge in [0.2, 0.25) is 0 Å². The Morgan fingerprint density at radius 3 is 3.06 bits per heavy atom. The fourth-order valence-corrected chi connectivity index (χ4v) is 1.83. The zero-order valence-electron chi connectivity index (χ0n) is 9.45. The zero-order valence-corrected chi connectivity index (χ0v) is 10.2. The van der Waals surface area contributed by atoms with Crippen LogP contribution in [0.2, 0.25) is 5.02 Å². The van der Waals surface area contributed by atoms with Gasteiger partial charge in [0.25, 0.3) is 0 Å². The highest BCUT2D eigenvalue weighted by Crippen LogP contribution is 2.18. The molecular formula is C12H13ClFN3. The Balaban J connectivity index is 2.16. The number of aromatic nitrogens is 2. The zero-order chi connectivity index (χ0) is 12.3. The Morgan fingerprint density at radius 2 is 2.29 bits per heavy atom. The molecule has 0 aliphatic heterocycles. The van der Waals surface area contributed by atoms with Crippen LogP contribution in [0.3, 0.4) is 0 Å². The average molecular weight is 254 g/mol. The molecule has 90 valence electrons. The molecule has 3 nitrogen and oxygen atoms in total. The summed E-state index contributed by atoms with van der Waals surface area (Å²) in [5, 5.41) is 3.16. The maximum absolute atomic E-state index is 13.7. The summed E-state index contributed by atoms with van der Waals surface area (Å²) < 4.78 is 15.5. The second-order valence-electron chi connectivity index (χ2n) is 3.78. The first-order chi connectivity index (χ1) is 8.20. The van der Waals surface area contributed by atoms with E-state index in [1.165, 1.54) is 0 Å². The van der Waals surface area contributed by atoms with Crippen molar-refractivity contribution in [1.29, 1.82) is 0 Å². The third-order valence-electron chi connectivity index (χ3n) is 2.43. The number of hydrogen-bond acceptors (Lipinski definition) is 2. The maximum Gasteiger partial charge on any atom is 0.146 e. The molecule has 0 amide bonds. The molecule has 1 N–H and O–H groups in total. The van der Waals surface area contributed by atoms with Gasteiger partial charge in [-0.25, -0.2) is 9.37 Å². The van der Waals surface area contributed by atoms with Crippen molar-refractivity contribution < 1.29 is 4.39 Å². The van der Waals surface area contributed by atoms with Gasteiger partial charge in [-0.1, -0.05) is 23.7 Å². The molecule has 0 fully saturated rings. The van der Waals surface area contributed by atoms with Crippen molar-refractivity contribution in [2.75, 3.05) is 7.05 Å². The third-order valence-corrected chi connectivity index (χ3v) is 2.72. The van der Waals surface area contributed by atoms with Gasteiger partial charge < -0.3 is 9.88 Å². The molecule has 0 bridgehead atoms. The van der Waals surface area contributed by atoms with Gasteiger partial charge in [0.1, 0.15) is 5.82 Å². The predicted molar refractivity (Wildman–Crippen MR) is 65.5 cm³/mol. The fraction of sp³-hybridized carbons (Fsp3) is 0.250. The van der Waals surface area contributed by atoms with E-state index in [0.717, 1.165) is 5.69 Å². The highest BCUT2D eigenvalue weighted by Gasteiger charge is 2.07. The van der Waals surface area contributed by atoms with Gasteiger partial charge in [-0.15, -0.1) is 0 Å². The van der Waals surface area contributed by atoms with Crippen molar-refractivity contribution in [2.24, 2.45) is 0 Å². The normalized spacial score (nSPS) is 10.8. The van der Waals surface area contributed by atoms with Crippen LogP contribution in [0.5, 0.6) is 0 Å². The van der Waals surface area contributed by atoms with Gasteiger partial charge in [0.15, 0.2) is 0 Å². The van der Waals surface area contributed by atoms with Gasteiger partial charge in [-0.05, 0) is 13.1 Å². The second-order valence-corrected chi connectivity index (χ2v) is 4.19. The quantitative estimate of drug-likeness (QED) is 0.907. The minimum Gasteiger partial charge on any atom is -0.333 e. The summed E-state index contributed by atoms with van der Waals surface area (Å²) in [7, 11) is 1.86. The second kappa shape index (κ2) is 5.29. The molecule has 2 rings (SSSR count). The molecule has 5 heteroatoms. The van der Waals surface area contributed by atoms with E-state index in [2.05, 4.69) is 10.3 Å². The van der Waals surface area contributed by atoms with Crippen LogP contribution < -0.4 is 5.32 Å². The Kier molecular flexibility index (Phi) is 3.76. The molecule has 17 heavy (non-hydrogen) atoms.